The molecule has 1 N–H and O–H groups in total. The van der Waals surface area contributed by atoms with E-state index in [0.29, 0.717) is 16.3 Å². The highest BCUT2D eigenvalue weighted by atomic mass is 35.5. The van der Waals surface area contributed by atoms with E-state index >= 15 is 0 Å². The van der Waals surface area contributed by atoms with Gasteiger partial charge in [-0.3, -0.25) is 9.59 Å². The molecule has 0 spiro atoms. The fourth-order valence-electron chi connectivity index (χ4n) is 3.86. The third-order valence-corrected chi connectivity index (χ3v) is 7.88. The van der Waals surface area contributed by atoms with Crippen LogP contribution in [0.3, 0.4) is 0 Å². The van der Waals surface area contributed by atoms with Crippen molar-refractivity contribution in [3.05, 3.63) is 101 Å². The highest BCUT2D eigenvalue weighted by Crippen LogP contribution is 2.22. The zero-order valence-corrected chi connectivity index (χ0v) is 22.6. The SMILES string of the molecule is CNC(=O)[C@H](Cc1ccccc1)N(Cc1cccc(Cl)c1)C(=O)CN(c1ccccc1)S(=O)(=O)N(C)C. The van der Waals surface area contributed by atoms with Crippen LogP contribution in [0, 0.1) is 0 Å². The summed E-state index contributed by atoms with van der Waals surface area (Å²) in [7, 11) is 0.306. The summed E-state index contributed by atoms with van der Waals surface area (Å²) >= 11 is 6.19. The molecule has 0 unspecified atom stereocenters. The van der Waals surface area contributed by atoms with Crippen LogP contribution >= 0.6 is 11.6 Å². The molecule has 8 nitrogen and oxygen atoms in total. The number of anilines is 1. The lowest BCUT2D eigenvalue weighted by atomic mass is 10.0. The summed E-state index contributed by atoms with van der Waals surface area (Å²) in [4.78, 5) is 28.5. The lowest BCUT2D eigenvalue weighted by Gasteiger charge is -2.34. The number of carbonyl (C=O) groups excluding carboxylic acids is 2. The quantitative estimate of drug-likeness (QED) is 0.402. The maximum absolute atomic E-state index is 13.9. The number of rotatable bonds is 11. The summed E-state index contributed by atoms with van der Waals surface area (Å²) in [5.74, 6) is -0.889. The first-order valence-corrected chi connectivity index (χ1v) is 13.5. The van der Waals surface area contributed by atoms with Crippen molar-refractivity contribution < 1.29 is 18.0 Å². The number of nitrogens with zero attached hydrogens (tertiary/aromatic N) is 3. The van der Waals surface area contributed by atoms with Gasteiger partial charge in [0.05, 0.1) is 5.69 Å². The zero-order valence-electron chi connectivity index (χ0n) is 21.0. The smallest absolute Gasteiger partial charge is 0.304 e. The molecule has 0 aliphatic rings. The van der Waals surface area contributed by atoms with Gasteiger partial charge in [0.2, 0.25) is 11.8 Å². The van der Waals surface area contributed by atoms with Crippen LogP contribution in [0.15, 0.2) is 84.9 Å². The van der Waals surface area contributed by atoms with E-state index in [1.807, 2.05) is 30.3 Å². The minimum absolute atomic E-state index is 0.0644. The fourth-order valence-corrected chi connectivity index (χ4v) is 5.13. The van der Waals surface area contributed by atoms with E-state index in [-0.39, 0.29) is 18.9 Å². The van der Waals surface area contributed by atoms with Crippen molar-refractivity contribution >= 4 is 39.3 Å². The van der Waals surface area contributed by atoms with Crippen molar-refractivity contribution in [3.63, 3.8) is 0 Å². The number of benzene rings is 3. The molecule has 1 atom stereocenters. The molecule has 0 heterocycles. The van der Waals surface area contributed by atoms with Crippen molar-refractivity contribution in [1.29, 1.82) is 0 Å². The Balaban J connectivity index is 2.05. The number of carbonyl (C=O) groups is 2. The predicted molar refractivity (Wildman–Crippen MR) is 146 cm³/mol. The Morgan fingerprint density at radius 2 is 1.49 bits per heavy atom. The van der Waals surface area contributed by atoms with Crippen molar-refractivity contribution in [1.82, 2.24) is 14.5 Å². The highest BCUT2D eigenvalue weighted by Gasteiger charge is 2.34. The molecular weight excluding hydrogens is 512 g/mol. The Labute approximate surface area is 223 Å². The van der Waals surface area contributed by atoms with Crippen LogP contribution in [0.1, 0.15) is 11.1 Å². The second-order valence-corrected chi connectivity index (χ2v) is 11.1. The molecule has 3 aromatic carbocycles. The molecule has 0 bridgehead atoms. The van der Waals surface area contributed by atoms with Gasteiger partial charge in [0, 0.05) is 39.1 Å². The highest BCUT2D eigenvalue weighted by molar-refractivity contribution is 7.90. The van der Waals surface area contributed by atoms with Crippen molar-refractivity contribution in [2.24, 2.45) is 0 Å². The van der Waals surface area contributed by atoms with E-state index in [9.17, 15) is 18.0 Å². The lowest BCUT2D eigenvalue weighted by molar-refractivity contribution is -0.139. The molecule has 3 aromatic rings. The summed E-state index contributed by atoms with van der Waals surface area (Å²) < 4.78 is 28.6. The average molecular weight is 543 g/mol. The zero-order chi connectivity index (χ0) is 27.0. The van der Waals surface area contributed by atoms with E-state index in [0.717, 1.165) is 14.2 Å². The first-order chi connectivity index (χ1) is 17.6. The van der Waals surface area contributed by atoms with E-state index in [4.69, 9.17) is 11.6 Å². The maximum atomic E-state index is 13.9. The minimum Gasteiger partial charge on any atom is -0.357 e. The Kier molecular flexibility index (Phi) is 9.68. The number of amides is 2. The number of likely N-dealkylation sites (N-methyl/N-ethyl adjacent to an activating group) is 1. The average Bonchev–Trinajstić information content (AvgIpc) is 2.89. The van der Waals surface area contributed by atoms with Gasteiger partial charge in [-0.25, -0.2) is 4.31 Å². The molecule has 0 saturated heterocycles. The van der Waals surface area contributed by atoms with Gasteiger partial charge in [0.1, 0.15) is 12.6 Å². The molecule has 0 aromatic heterocycles. The molecule has 0 radical (unpaired) electrons. The standard InChI is InChI=1S/C27H31ClN4O4S/c1-29-27(34)25(18-21-11-6-4-7-12-21)31(19-22-13-10-14-23(28)17-22)26(33)20-32(37(35,36)30(2)3)24-15-8-5-9-16-24/h4-17,25H,18-20H2,1-3H3,(H,29,34)/t25-/m0/s1. The molecular formula is C27H31ClN4O4S. The van der Waals surface area contributed by atoms with Crippen LogP contribution in [0.5, 0.6) is 0 Å². The molecule has 10 heteroatoms. The second kappa shape index (κ2) is 12.7. The number of nitrogens with one attached hydrogen (secondary N) is 1. The van der Waals surface area contributed by atoms with Crippen LogP contribution in [0.4, 0.5) is 5.69 Å². The summed E-state index contributed by atoms with van der Waals surface area (Å²) in [6.45, 7) is -0.428. The molecule has 3 rings (SSSR count). The molecule has 2 amide bonds. The molecule has 0 fully saturated rings. The van der Waals surface area contributed by atoms with Crippen LogP contribution in [0.25, 0.3) is 0 Å². The van der Waals surface area contributed by atoms with Crippen molar-refractivity contribution in [2.75, 3.05) is 32.0 Å². The summed E-state index contributed by atoms with van der Waals surface area (Å²) in [5, 5.41) is 3.14. The summed E-state index contributed by atoms with van der Waals surface area (Å²) in [6, 6.07) is 23.9. The van der Waals surface area contributed by atoms with Crippen LogP contribution < -0.4 is 9.62 Å². The molecule has 196 valence electrons. The van der Waals surface area contributed by atoms with Gasteiger partial charge in [0.25, 0.3) is 0 Å². The van der Waals surface area contributed by atoms with E-state index in [1.165, 1.54) is 26.0 Å². The summed E-state index contributed by atoms with van der Waals surface area (Å²) in [6.07, 6.45) is 0.249. The molecule has 0 saturated carbocycles. The number of hydrogen-bond acceptors (Lipinski definition) is 4. The number of para-hydroxylation sites is 1. The van der Waals surface area contributed by atoms with E-state index < -0.39 is 28.7 Å². The third-order valence-electron chi connectivity index (χ3n) is 5.82. The Hall–Kier alpha value is -3.40. The van der Waals surface area contributed by atoms with Gasteiger partial charge in [-0.2, -0.15) is 12.7 Å². The molecule has 0 aliphatic heterocycles. The second-order valence-electron chi connectivity index (χ2n) is 8.60. The van der Waals surface area contributed by atoms with Crippen molar-refractivity contribution in [3.8, 4) is 0 Å². The van der Waals surface area contributed by atoms with Gasteiger partial charge >= 0.3 is 10.2 Å². The minimum atomic E-state index is -4.01. The Morgan fingerprint density at radius 1 is 0.892 bits per heavy atom. The van der Waals surface area contributed by atoms with Crippen LogP contribution in [0.2, 0.25) is 5.02 Å². The largest absolute Gasteiger partial charge is 0.357 e. The van der Waals surface area contributed by atoms with Gasteiger partial charge in [-0.1, -0.05) is 72.3 Å². The van der Waals surface area contributed by atoms with Crippen molar-refractivity contribution in [2.45, 2.75) is 19.0 Å². The van der Waals surface area contributed by atoms with Gasteiger partial charge in [-0.05, 0) is 35.4 Å². The Bertz CT molecular complexity index is 1300. The van der Waals surface area contributed by atoms with Crippen LogP contribution in [-0.2, 0) is 32.8 Å². The van der Waals surface area contributed by atoms with Gasteiger partial charge < -0.3 is 10.2 Å². The van der Waals surface area contributed by atoms with E-state index in [1.54, 1.807) is 54.6 Å². The summed E-state index contributed by atoms with van der Waals surface area (Å²) in [5.41, 5.74) is 1.91. The van der Waals surface area contributed by atoms with Gasteiger partial charge in [0.15, 0.2) is 0 Å². The number of hydrogen-bond donors (Lipinski definition) is 1. The fraction of sp³-hybridized carbons (Fsp3) is 0.259. The third kappa shape index (κ3) is 7.31. The van der Waals surface area contributed by atoms with Gasteiger partial charge in [-0.15, -0.1) is 0 Å². The number of halogens is 1. The first-order valence-electron chi connectivity index (χ1n) is 11.7. The first kappa shape index (κ1) is 28.2. The maximum Gasteiger partial charge on any atom is 0.304 e. The van der Waals surface area contributed by atoms with Crippen LogP contribution in [-0.4, -0.2) is 63.2 Å². The topological polar surface area (TPSA) is 90.0 Å². The molecule has 37 heavy (non-hydrogen) atoms. The van der Waals surface area contributed by atoms with E-state index in [2.05, 4.69) is 5.32 Å². The molecule has 0 aliphatic carbocycles. The monoisotopic (exact) mass is 542 g/mol. The lowest BCUT2D eigenvalue weighted by Crippen LogP contribution is -2.53. The normalized spacial score (nSPS) is 12.1. The Morgan fingerprint density at radius 3 is 2.05 bits per heavy atom. The predicted octanol–water partition coefficient (Wildman–Crippen LogP) is 3.34.